The van der Waals surface area contributed by atoms with E-state index in [9.17, 15) is 14.0 Å². The van der Waals surface area contributed by atoms with E-state index in [0.29, 0.717) is 34.9 Å². The third-order valence-electron chi connectivity index (χ3n) is 5.32. The highest BCUT2D eigenvalue weighted by Crippen LogP contribution is 2.21. The molecule has 0 aliphatic rings. The van der Waals surface area contributed by atoms with Crippen LogP contribution >= 0.6 is 0 Å². The standard InChI is InChI=1S/C26H23FN4O2/c1-18-25(26(33)30-23-13-7-8-14-28-23)22(29-16-19-9-3-2-4-10-19)15-24(32)31(18)17-20-11-5-6-12-21(20)27/h2-15,29H,16-17H2,1H3,(H,28,30,33). The summed E-state index contributed by atoms with van der Waals surface area (Å²) in [7, 11) is 0. The lowest BCUT2D eigenvalue weighted by Crippen LogP contribution is -2.28. The van der Waals surface area contributed by atoms with Crippen molar-refractivity contribution in [3.05, 3.63) is 124 Å². The molecule has 6 nitrogen and oxygen atoms in total. The Labute approximate surface area is 190 Å². The predicted octanol–water partition coefficient (Wildman–Crippen LogP) is 4.60. The number of hydrogen-bond acceptors (Lipinski definition) is 4. The highest BCUT2D eigenvalue weighted by molar-refractivity contribution is 6.08. The SMILES string of the molecule is Cc1c(C(=O)Nc2ccccn2)c(NCc2ccccc2)cc(=O)n1Cc1ccccc1F. The maximum atomic E-state index is 14.3. The van der Waals surface area contributed by atoms with Crippen LogP contribution in [0, 0.1) is 12.7 Å². The number of anilines is 2. The van der Waals surface area contributed by atoms with Crippen LogP contribution in [0.25, 0.3) is 0 Å². The number of hydrogen-bond donors (Lipinski definition) is 2. The molecule has 0 saturated heterocycles. The van der Waals surface area contributed by atoms with E-state index in [2.05, 4.69) is 15.6 Å². The van der Waals surface area contributed by atoms with Gasteiger partial charge in [-0.1, -0.05) is 54.6 Å². The van der Waals surface area contributed by atoms with Crippen molar-refractivity contribution >= 4 is 17.4 Å². The Morgan fingerprint density at radius 3 is 2.45 bits per heavy atom. The highest BCUT2D eigenvalue weighted by Gasteiger charge is 2.20. The van der Waals surface area contributed by atoms with Gasteiger partial charge in [-0.3, -0.25) is 9.59 Å². The second-order valence-electron chi connectivity index (χ2n) is 7.54. The first-order chi connectivity index (χ1) is 16.0. The molecule has 4 aromatic rings. The van der Waals surface area contributed by atoms with Crippen LogP contribution in [0.15, 0.2) is 89.9 Å². The summed E-state index contributed by atoms with van der Waals surface area (Å²) in [5.74, 6) is -0.429. The van der Waals surface area contributed by atoms with Crippen LogP contribution in [0.3, 0.4) is 0 Å². The number of amides is 1. The van der Waals surface area contributed by atoms with Gasteiger partial charge in [0.25, 0.3) is 11.5 Å². The van der Waals surface area contributed by atoms with E-state index < -0.39 is 11.7 Å². The fraction of sp³-hybridized carbons (Fsp3) is 0.115. The van der Waals surface area contributed by atoms with Gasteiger partial charge in [0.1, 0.15) is 11.6 Å². The molecule has 2 heterocycles. The van der Waals surface area contributed by atoms with Crippen LogP contribution in [0.5, 0.6) is 0 Å². The van der Waals surface area contributed by atoms with Gasteiger partial charge < -0.3 is 15.2 Å². The van der Waals surface area contributed by atoms with Crippen molar-refractivity contribution in [2.75, 3.05) is 10.6 Å². The number of rotatable bonds is 7. The maximum absolute atomic E-state index is 14.3. The zero-order valence-electron chi connectivity index (χ0n) is 18.1. The van der Waals surface area contributed by atoms with Crippen molar-refractivity contribution in [1.29, 1.82) is 0 Å². The highest BCUT2D eigenvalue weighted by atomic mass is 19.1. The lowest BCUT2D eigenvalue weighted by molar-refractivity contribution is 0.102. The van der Waals surface area contributed by atoms with Gasteiger partial charge in [0, 0.05) is 30.1 Å². The average molecular weight is 442 g/mol. The largest absolute Gasteiger partial charge is 0.380 e. The predicted molar refractivity (Wildman–Crippen MR) is 127 cm³/mol. The zero-order chi connectivity index (χ0) is 23.2. The van der Waals surface area contributed by atoms with Gasteiger partial charge in [-0.2, -0.15) is 0 Å². The van der Waals surface area contributed by atoms with Crippen molar-refractivity contribution < 1.29 is 9.18 Å². The molecule has 7 heteroatoms. The summed E-state index contributed by atoms with van der Waals surface area (Å²) in [4.78, 5) is 30.4. The van der Waals surface area contributed by atoms with Crippen molar-refractivity contribution in [2.45, 2.75) is 20.0 Å². The maximum Gasteiger partial charge on any atom is 0.260 e. The molecule has 0 aliphatic carbocycles. The molecule has 0 atom stereocenters. The van der Waals surface area contributed by atoms with Crippen LogP contribution in [-0.4, -0.2) is 15.5 Å². The van der Waals surface area contributed by atoms with E-state index in [-0.39, 0.29) is 12.1 Å². The third-order valence-corrected chi connectivity index (χ3v) is 5.32. The molecule has 2 aromatic carbocycles. The summed E-state index contributed by atoms with van der Waals surface area (Å²) < 4.78 is 15.7. The van der Waals surface area contributed by atoms with Crippen LogP contribution < -0.4 is 16.2 Å². The second-order valence-corrected chi connectivity index (χ2v) is 7.54. The van der Waals surface area contributed by atoms with Crippen LogP contribution in [0.1, 0.15) is 27.2 Å². The number of carbonyl (C=O) groups excluding carboxylic acids is 1. The number of pyridine rings is 2. The molecule has 0 radical (unpaired) electrons. The minimum absolute atomic E-state index is 0.0141. The molecule has 0 aliphatic heterocycles. The Kier molecular flexibility index (Phi) is 6.59. The third kappa shape index (κ3) is 5.15. The van der Waals surface area contributed by atoms with E-state index in [0.717, 1.165) is 5.56 Å². The molecule has 1 amide bonds. The Bertz CT molecular complexity index is 1320. The Balaban J connectivity index is 1.74. The van der Waals surface area contributed by atoms with Gasteiger partial charge in [-0.15, -0.1) is 0 Å². The van der Waals surface area contributed by atoms with Crippen molar-refractivity contribution in [2.24, 2.45) is 0 Å². The lowest BCUT2D eigenvalue weighted by atomic mass is 10.1. The molecule has 2 N–H and O–H groups in total. The summed E-state index contributed by atoms with van der Waals surface area (Å²) in [5, 5.41) is 5.99. The van der Waals surface area contributed by atoms with Gasteiger partial charge in [0.15, 0.2) is 0 Å². The molecule has 0 bridgehead atoms. The molecule has 33 heavy (non-hydrogen) atoms. The molecular formula is C26H23FN4O2. The van der Waals surface area contributed by atoms with Gasteiger partial charge in [0.2, 0.25) is 0 Å². The zero-order valence-corrected chi connectivity index (χ0v) is 18.1. The minimum atomic E-state index is -0.413. The van der Waals surface area contributed by atoms with Crippen molar-refractivity contribution in [1.82, 2.24) is 9.55 Å². The quantitative estimate of drug-likeness (QED) is 0.439. The van der Waals surface area contributed by atoms with E-state index in [1.54, 1.807) is 49.5 Å². The molecule has 0 fully saturated rings. The van der Waals surface area contributed by atoms with Crippen LogP contribution in [0.4, 0.5) is 15.9 Å². The molecule has 2 aromatic heterocycles. The van der Waals surface area contributed by atoms with Gasteiger partial charge in [-0.25, -0.2) is 9.37 Å². The smallest absolute Gasteiger partial charge is 0.260 e. The normalized spacial score (nSPS) is 10.6. The number of aromatic nitrogens is 2. The minimum Gasteiger partial charge on any atom is -0.380 e. The first-order valence-corrected chi connectivity index (χ1v) is 10.5. The Morgan fingerprint density at radius 1 is 1.00 bits per heavy atom. The number of halogens is 1. The molecular weight excluding hydrogens is 419 g/mol. The number of benzene rings is 2. The summed E-state index contributed by atoms with van der Waals surface area (Å²) in [6, 6.07) is 22.5. The van der Waals surface area contributed by atoms with Gasteiger partial charge in [0.05, 0.1) is 17.8 Å². The second kappa shape index (κ2) is 9.91. The Hall–Kier alpha value is -4.26. The molecule has 0 saturated carbocycles. The summed E-state index contributed by atoms with van der Waals surface area (Å²) in [5.41, 5.74) is 2.16. The first-order valence-electron chi connectivity index (χ1n) is 10.5. The molecule has 166 valence electrons. The van der Waals surface area contributed by atoms with E-state index in [1.807, 2.05) is 30.3 Å². The van der Waals surface area contributed by atoms with Crippen molar-refractivity contribution in [3.63, 3.8) is 0 Å². The van der Waals surface area contributed by atoms with Gasteiger partial charge >= 0.3 is 0 Å². The molecule has 0 unspecified atom stereocenters. The fourth-order valence-electron chi connectivity index (χ4n) is 3.60. The monoisotopic (exact) mass is 442 g/mol. The van der Waals surface area contributed by atoms with Crippen LogP contribution in [0.2, 0.25) is 0 Å². The lowest BCUT2D eigenvalue weighted by Gasteiger charge is -2.19. The Morgan fingerprint density at radius 2 is 1.73 bits per heavy atom. The summed E-state index contributed by atoms with van der Waals surface area (Å²) in [6.07, 6.45) is 1.58. The van der Waals surface area contributed by atoms with E-state index in [4.69, 9.17) is 0 Å². The van der Waals surface area contributed by atoms with E-state index >= 15 is 0 Å². The summed E-state index contributed by atoms with van der Waals surface area (Å²) in [6.45, 7) is 2.13. The number of nitrogens with zero attached hydrogens (tertiary/aromatic N) is 2. The molecule has 4 rings (SSSR count). The van der Waals surface area contributed by atoms with Crippen molar-refractivity contribution in [3.8, 4) is 0 Å². The topological polar surface area (TPSA) is 76.0 Å². The summed E-state index contributed by atoms with van der Waals surface area (Å²) >= 11 is 0. The fourth-order valence-corrected chi connectivity index (χ4v) is 3.60. The van der Waals surface area contributed by atoms with Crippen LogP contribution in [-0.2, 0) is 13.1 Å². The average Bonchev–Trinajstić information content (AvgIpc) is 2.82. The van der Waals surface area contributed by atoms with Gasteiger partial charge in [-0.05, 0) is 30.7 Å². The van der Waals surface area contributed by atoms with E-state index in [1.165, 1.54) is 16.7 Å². The molecule has 0 spiro atoms. The number of nitrogens with one attached hydrogen (secondary N) is 2. The first kappa shape index (κ1) is 22.0. The number of carbonyl (C=O) groups is 1.